The van der Waals surface area contributed by atoms with Crippen molar-refractivity contribution in [3.8, 4) is 10.6 Å². The Labute approximate surface area is 197 Å². The van der Waals surface area contributed by atoms with Crippen molar-refractivity contribution in [1.29, 1.82) is 0 Å². The summed E-state index contributed by atoms with van der Waals surface area (Å²) >= 11 is 1.60. The van der Waals surface area contributed by atoms with Crippen molar-refractivity contribution in [2.24, 2.45) is 5.92 Å². The standard InChI is InChI=1S/C24H31N5O3S/c1-16(2)29-22-19(15-26-29)18(14-20(27-22)21-6-4-13-33-21)24(31)28-10-7-17(8-11-28)23(30)25-9-5-12-32-3/h4,6,13-17H,5,7-12H2,1-3H3,(H,25,30). The average molecular weight is 470 g/mol. The Morgan fingerprint density at radius 2 is 2.09 bits per heavy atom. The van der Waals surface area contributed by atoms with Crippen molar-refractivity contribution in [3.05, 3.63) is 35.3 Å². The van der Waals surface area contributed by atoms with Crippen LogP contribution in [0.1, 0.15) is 49.5 Å². The van der Waals surface area contributed by atoms with Gasteiger partial charge in [-0.05, 0) is 50.6 Å². The van der Waals surface area contributed by atoms with Crippen molar-refractivity contribution in [2.75, 3.05) is 33.4 Å². The zero-order valence-electron chi connectivity index (χ0n) is 19.4. The van der Waals surface area contributed by atoms with Gasteiger partial charge in [0.05, 0.1) is 27.7 Å². The van der Waals surface area contributed by atoms with Gasteiger partial charge in [-0.2, -0.15) is 5.10 Å². The minimum absolute atomic E-state index is 0.0255. The third-order valence-electron chi connectivity index (χ3n) is 6.04. The first-order valence-corrected chi connectivity index (χ1v) is 12.4. The number of methoxy groups -OCH3 is 1. The normalized spacial score (nSPS) is 14.8. The van der Waals surface area contributed by atoms with E-state index in [-0.39, 0.29) is 23.8 Å². The van der Waals surface area contributed by atoms with Crippen LogP contribution in [-0.2, 0) is 9.53 Å². The largest absolute Gasteiger partial charge is 0.385 e. The first-order valence-electron chi connectivity index (χ1n) is 11.5. The van der Waals surface area contributed by atoms with Gasteiger partial charge in [0.15, 0.2) is 5.65 Å². The fourth-order valence-corrected chi connectivity index (χ4v) is 4.90. The molecule has 0 aromatic carbocycles. The predicted molar refractivity (Wildman–Crippen MR) is 129 cm³/mol. The summed E-state index contributed by atoms with van der Waals surface area (Å²) in [6, 6.07) is 6.02. The molecular formula is C24H31N5O3S. The number of carbonyl (C=O) groups excluding carboxylic acids is 2. The van der Waals surface area contributed by atoms with Crippen LogP contribution in [0.25, 0.3) is 21.6 Å². The van der Waals surface area contributed by atoms with Gasteiger partial charge >= 0.3 is 0 Å². The maximum atomic E-state index is 13.6. The highest BCUT2D eigenvalue weighted by atomic mass is 32.1. The van der Waals surface area contributed by atoms with Crippen LogP contribution in [0.3, 0.4) is 0 Å². The van der Waals surface area contributed by atoms with Gasteiger partial charge in [-0.25, -0.2) is 9.67 Å². The number of piperidine rings is 1. The van der Waals surface area contributed by atoms with Crippen LogP contribution in [0, 0.1) is 5.92 Å². The molecule has 9 heteroatoms. The number of pyridine rings is 1. The summed E-state index contributed by atoms with van der Waals surface area (Å²) in [7, 11) is 1.66. The lowest BCUT2D eigenvalue weighted by atomic mass is 9.95. The number of nitrogens with zero attached hydrogens (tertiary/aromatic N) is 4. The molecule has 8 nitrogen and oxygen atoms in total. The third kappa shape index (κ3) is 5.09. The van der Waals surface area contributed by atoms with E-state index in [1.165, 1.54) is 0 Å². The van der Waals surface area contributed by atoms with E-state index >= 15 is 0 Å². The zero-order valence-corrected chi connectivity index (χ0v) is 20.2. The Kier molecular flexibility index (Phi) is 7.39. The fourth-order valence-electron chi connectivity index (χ4n) is 4.21. The molecule has 3 aromatic rings. The summed E-state index contributed by atoms with van der Waals surface area (Å²) < 4.78 is 6.89. The summed E-state index contributed by atoms with van der Waals surface area (Å²) in [6.45, 7) is 6.48. The van der Waals surface area contributed by atoms with Crippen LogP contribution in [-0.4, -0.2) is 64.8 Å². The summed E-state index contributed by atoms with van der Waals surface area (Å²) in [5.74, 6) is -0.00964. The highest BCUT2D eigenvalue weighted by Crippen LogP contribution is 2.30. The molecule has 3 aromatic heterocycles. The second-order valence-corrected chi connectivity index (χ2v) is 9.60. The molecule has 1 N–H and O–H groups in total. The Hall–Kier alpha value is -2.78. The molecular weight excluding hydrogens is 438 g/mol. The molecule has 176 valence electrons. The van der Waals surface area contributed by atoms with E-state index < -0.39 is 0 Å². The van der Waals surface area contributed by atoms with Crippen molar-refractivity contribution in [3.63, 3.8) is 0 Å². The number of ether oxygens (including phenoxy) is 1. The number of carbonyl (C=O) groups is 2. The SMILES string of the molecule is COCCCNC(=O)C1CCN(C(=O)c2cc(-c3cccs3)nc3c2cnn3C(C)C)CC1. The summed E-state index contributed by atoms with van der Waals surface area (Å²) in [6.07, 6.45) is 3.88. The van der Waals surface area contributed by atoms with Gasteiger partial charge in [-0.1, -0.05) is 6.07 Å². The summed E-state index contributed by atoms with van der Waals surface area (Å²) in [4.78, 5) is 33.8. The monoisotopic (exact) mass is 469 g/mol. The number of amides is 2. The lowest BCUT2D eigenvalue weighted by Crippen LogP contribution is -2.43. The highest BCUT2D eigenvalue weighted by molar-refractivity contribution is 7.13. The molecule has 0 aliphatic carbocycles. The molecule has 4 heterocycles. The van der Waals surface area contributed by atoms with Gasteiger partial charge in [0.25, 0.3) is 5.91 Å². The summed E-state index contributed by atoms with van der Waals surface area (Å²) in [5, 5.41) is 10.3. The number of hydrogen-bond acceptors (Lipinski definition) is 6. The minimum Gasteiger partial charge on any atom is -0.385 e. The highest BCUT2D eigenvalue weighted by Gasteiger charge is 2.29. The fraction of sp³-hybridized carbons (Fsp3) is 0.500. The first kappa shape index (κ1) is 23.4. The van der Waals surface area contributed by atoms with Crippen molar-refractivity contribution in [2.45, 2.75) is 39.2 Å². The van der Waals surface area contributed by atoms with Crippen LogP contribution < -0.4 is 5.32 Å². The molecule has 33 heavy (non-hydrogen) atoms. The number of thiophene rings is 1. The molecule has 1 aliphatic rings. The lowest BCUT2D eigenvalue weighted by molar-refractivity contribution is -0.126. The van der Waals surface area contributed by atoms with Crippen LogP contribution in [0.4, 0.5) is 0 Å². The zero-order chi connectivity index (χ0) is 23.4. The second-order valence-electron chi connectivity index (χ2n) is 8.66. The maximum Gasteiger partial charge on any atom is 0.254 e. The van der Waals surface area contributed by atoms with E-state index in [2.05, 4.69) is 24.3 Å². The summed E-state index contributed by atoms with van der Waals surface area (Å²) in [5.41, 5.74) is 2.14. The van der Waals surface area contributed by atoms with E-state index in [1.807, 2.05) is 33.2 Å². The van der Waals surface area contributed by atoms with Crippen LogP contribution in [0.5, 0.6) is 0 Å². The van der Waals surface area contributed by atoms with E-state index in [1.54, 1.807) is 24.6 Å². The lowest BCUT2D eigenvalue weighted by Gasteiger charge is -2.31. The van der Waals surface area contributed by atoms with Gasteiger partial charge in [-0.15, -0.1) is 11.3 Å². The Morgan fingerprint density at radius 1 is 1.30 bits per heavy atom. The number of nitrogens with one attached hydrogen (secondary N) is 1. The van der Waals surface area contributed by atoms with Gasteiger partial charge < -0.3 is 15.0 Å². The predicted octanol–water partition coefficient (Wildman–Crippen LogP) is 3.75. The number of aromatic nitrogens is 3. The minimum atomic E-state index is -0.0561. The van der Waals surface area contributed by atoms with Crippen LogP contribution in [0.15, 0.2) is 29.8 Å². The Morgan fingerprint density at radius 3 is 2.76 bits per heavy atom. The molecule has 4 rings (SSSR count). The van der Waals surface area contributed by atoms with E-state index in [9.17, 15) is 9.59 Å². The third-order valence-corrected chi connectivity index (χ3v) is 6.93. The van der Waals surface area contributed by atoms with Gasteiger partial charge in [-0.3, -0.25) is 9.59 Å². The van der Waals surface area contributed by atoms with Gasteiger partial charge in [0, 0.05) is 45.3 Å². The first-order chi connectivity index (χ1) is 16.0. The number of rotatable bonds is 8. The molecule has 0 unspecified atom stereocenters. The molecule has 0 radical (unpaired) electrons. The topological polar surface area (TPSA) is 89.3 Å². The molecule has 1 saturated heterocycles. The molecule has 0 bridgehead atoms. The Bertz CT molecular complexity index is 1100. The molecule has 1 aliphatic heterocycles. The van der Waals surface area contributed by atoms with Crippen molar-refractivity contribution in [1.82, 2.24) is 25.0 Å². The average Bonchev–Trinajstić information content (AvgIpc) is 3.51. The molecule has 0 spiro atoms. The van der Waals surface area contributed by atoms with Gasteiger partial charge in [0.2, 0.25) is 5.91 Å². The number of hydrogen-bond donors (Lipinski definition) is 1. The van der Waals surface area contributed by atoms with E-state index in [0.717, 1.165) is 28.0 Å². The second kappa shape index (κ2) is 10.4. The van der Waals surface area contributed by atoms with Crippen molar-refractivity contribution >= 4 is 34.2 Å². The Balaban J connectivity index is 1.52. The van der Waals surface area contributed by atoms with Crippen LogP contribution >= 0.6 is 11.3 Å². The van der Waals surface area contributed by atoms with Gasteiger partial charge in [0.1, 0.15) is 0 Å². The number of likely N-dealkylation sites (tertiary alicyclic amines) is 1. The smallest absolute Gasteiger partial charge is 0.254 e. The molecule has 0 atom stereocenters. The molecule has 0 saturated carbocycles. The van der Waals surface area contributed by atoms with Crippen LogP contribution in [0.2, 0.25) is 0 Å². The van der Waals surface area contributed by atoms with E-state index in [0.29, 0.717) is 44.6 Å². The quantitative estimate of drug-likeness (QED) is 0.508. The molecule has 1 fully saturated rings. The molecule has 2 amide bonds. The number of fused-ring (bicyclic) bond motifs is 1. The maximum absolute atomic E-state index is 13.6. The van der Waals surface area contributed by atoms with Crippen molar-refractivity contribution < 1.29 is 14.3 Å². The van der Waals surface area contributed by atoms with E-state index in [4.69, 9.17) is 9.72 Å².